The zero-order valence-corrected chi connectivity index (χ0v) is 9.62. The Hall–Kier alpha value is -1.62. The molecule has 0 aromatic carbocycles. The van der Waals surface area contributed by atoms with Crippen LogP contribution in [0.5, 0.6) is 5.75 Å². The highest BCUT2D eigenvalue weighted by molar-refractivity contribution is 5.73. The third-order valence-electron chi connectivity index (χ3n) is 2.02. The first-order valence-electron chi connectivity index (χ1n) is 5.15. The number of pyridine rings is 1. The van der Waals surface area contributed by atoms with Crippen LogP contribution < -0.4 is 15.8 Å². The van der Waals surface area contributed by atoms with E-state index in [1.807, 2.05) is 26.1 Å². The van der Waals surface area contributed by atoms with Gasteiger partial charge in [-0.2, -0.15) is 0 Å². The molecule has 5 nitrogen and oxygen atoms in total. The summed E-state index contributed by atoms with van der Waals surface area (Å²) in [6.45, 7) is 2.84. The van der Waals surface area contributed by atoms with Gasteiger partial charge in [-0.05, 0) is 26.1 Å². The molecule has 1 aromatic rings. The molecule has 0 aliphatic heterocycles. The number of nitrogens with two attached hydrogens (primary N) is 1. The molecule has 0 fully saturated rings. The number of carbonyl (C=O) groups is 1. The van der Waals surface area contributed by atoms with Crippen LogP contribution >= 0.6 is 0 Å². The number of nitrogens with one attached hydrogen (secondary N) is 1. The molecular weight excluding hydrogens is 206 g/mol. The number of aromatic nitrogens is 1. The van der Waals surface area contributed by atoms with Gasteiger partial charge in [0.15, 0.2) is 0 Å². The third kappa shape index (κ3) is 3.86. The number of rotatable bonds is 6. The van der Waals surface area contributed by atoms with Gasteiger partial charge in [0, 0.05) is 12.2 Å². The Morgan fingerprint density at radius 2 is 2.31 bits per heavy atom. The minimum Gasteiger partial charge on any atom is -0.491 e. The number of ether oxygens (including phenoxy) is 1. The molecule has 0 bridgehead atoms. The van der Waals surface area contributed by atoms with Crippen molar-refractivity contribution >= 4 is 5.91 Å². The topological polar surface area (TPSA) is 77.2 Å². The van der Waals surface area contributed by atoms with Crippen molar-refractivity contribution in [1.29, 1.82) is 0 Å². The van der Waals surface area contributed by atoms with Crippen LogP contribution in [-0.2, 0) is 11.3 Å². The van der Waals surface area contributed by atoms with Crippen molar-refractivity contribution < 1.29 is 9.53 Å². The van der Waals surface area contributed by atoms with E-state index in [1.165, 1.54) is 0 Å². The van der Waals surface area contributed by atoms with E-state index in [-0.39, 0.29) is 18.9 Å². The number of nitrogens with zero attached hydrogens (tertiary/aromatic N) is 1. The molecule has 0 atom stereocenters. The van der Waals surface area contributed by atoms with Crippen LogP contribution in [0.1, 0.15) is 17.8 Å². The fourth-order valence-corrected chi connectivity index (χ4v) is 1.28. The van der Waals surface area contributed by atoms with Crippen LogP contribution in [0.25, 0.3) is 0 Å². The van der Waals surface area contributed by atoms with E-state index in [0.29, 0.717) is 12.3 Å². The zero-order chi connectivity index (χ0) is 12.0. The van der Waals surface area contributed by atoms with E-state index in [0.717, 1.165) is 11.4 Å². The van der Waals surface area contributed by atoms with Crippen LogP contribution in [0, 0.1) is 6.92 Å². The lowest BCUT2D eigenvalue weighted by atomic mass is 10.3. The second kappa shape index (κ2) is 6.07. The van der Waals surface area contributed by atoms with Gasteiger partial charge >= 0.3 is 0 Å². The summed E-state index contributed by atoms with van der Waals surface area (Å²) in [5.41, 5.74) is 6.81. The number of hydrogen-bond donors (Lipinski definition) is 2. The second-order valence-corrected chi connectivity index (χ2v) is 3.49. The Balaban J connectivity index is 2.66. The van der Waals surface area contributed by atoms with Gasteiger partial charge < -0.3 is 15.8 Å². The van der Waals surface area contributed by atoms with E-state index >= 15 is 0 Å². The molecule has 1 aromatic heterocycles. The molecule has 0 unspecified atom stereocenters. The lowest BCUT2D eigenvalue weighted by Gasteiger charge is -2.10. The maximum atomic E-state index is 10.6. The predicted molar refractivity (Wildman–Crippen MR) is 61.0 cm³/mol. The van der Waals surface area contributed by atoms with Crippen molar-refractivity contribution in [2.75, 3.05) is 13.7 Å². The highest BCUT2D eigenvalue weighted by Crippen LogP contribution is 2.16. The molecule has 0 saturated carbocycles. The Bertz CT molecular complexity index is 366. The molecule has 3 N–H and O–H groups in total. The van der Waals surface area contributed by atoms with Crippen LogP contribution in [0.15, 0.2) is 12.1 Å². The number of hydrogen-bond acceptors (Lipinski definition) is 4. The van der Waals surface area contributed by atoms with Crippen molar-refractivity contribution in [3.63, 3.8) is 0 Å². The molecule has 0 radical (unpaired) electrons. The number of amides is 1. The van der Waals surface area contributed by atoms with Crippen LogP contribution in [0.4, 0.5) is 0 Å². The molecule has 1 rings (SSSR count). The van der Waals surface area contributed by atoms with Crippen LogP contribution in [0.3, 0.4) is 0 Å². The Labute approximate surface area is 95.0 Å². The van der Waals surface area contributed by atoms with Gasteiger partial charge in [0.1, 0.15) is 5.75 Å². The number of aryl methyl sites for hydroxylation is 1. The summed E-state index contributed by atoms with van der Waals surface area (Å²) >= 11 is 0. The van der Waals surface area contributed by atoms with Crippen molar-refractivity contribution in [3.8, 4) is 5.75 Å². The minimum atomic E-state index is -0.366. The summed E-state index contributed by atoms with van der Waals surface area (Å²) < 4.78 is 5.45. The molecule has 0 spiro atoms. The van der Waals surface area contributed by atoms with E-state index in [1.54, 1.807) is 0 Å². The van der Waals surface area contributed by atoms with Gasteiger partial charge in [0.05, 0.1) is 18.7 Å². The summed E-state index contributed by atoms with van der Waals surface area (Å²) in [5, 5.41) is 3.02. The lowest BCUT2D eigenvalue weighted by Crippen LogP contribution is -2.16. The highest BCUT2D eigenvalue weighted by Gasteiger charge is 2.05. The number of primary amides is 1. The Morgan fingerprint density at radius 1 is 1.56 bits per heavy atom. The molecule has 5 heteroatoms. The maximum absolute atomic E-state index is 10.6. The summed E-state index contributed by atoms with van der Waals surface area (Å²) in [7, 11) is 1.84. The molecule has 88 valence electrons. The zero-order valence-electron chi connectivity index (χ0n) is 9.62. The van der Waals surface area contributed by atoms with Crippen LogP contribution in [0.2, 0.25) is 0 Å². The summed E-state index contributed by atoms with van der Waals surface area (Å²) in [6, 6.07) is 3.73. The standard InChI is InChI=1S/C11H17N3O2/c1-8-3-4-10(9(14-8)7-13-2)16-6-5-11(12)15/h3-4,13H,5-7H2,1-2H3,(H2,12,15). The normalized spacial score (nSPS) is 10.1. The smallest absolute Gasteiger partial charge is 0.220 e. The minimum absolute atomic E-state index is 0.215. The van der Waals surface area contributed by atoms with Gasteiger partial charge in [-0.15, -0.1) is 0 Å². The van der Waals surface area contributed by atoms with Gasteiger partial charge in [-0.3, -0.25) is 9.78 Å². The Morgan fingerprint density at radius 3 is 2.94 bits per heavy atom. The molecule has 1 heterocycles. The molecule has 0 aliphatic rings. The largest absolute Gasteiger partial charge is 0.491 e. The third-order valence-corrected chi connectivity index (χ3v) is 2.02. The SMILES string of the molecule is CNCc1nc(C)ccc1OCCC(N)=O. The van der Waals surface area contributed by atoms with Crippen molar-refractivity contribution in [3.05, 3.63) is 23.5 Å². The van der Waals surface area contributed by atoms with Gasteiger partial charge in [-0.1, -0.05) is 0 Å². The van der Waals surface area contributed by atoms with E-state index in [9.17, 15) is 4.79 Å². The average Bonchev–Trinajstić information content (AvgIpc) is 2.21. The fourth-order valence-electron chi connectivity index (χ4n) is 1.28. The summed E-state index contributed by atoms with van der Waals surface area (Å²) in [6.07, 6.45) is 0.215. The van der Waals surface area contributed by atoms with Crippen molar-refractivity contribution in [2.45, 2.75) is 19.9 Å². The first kappa shape index (κ1) is 12.4. The average molecular weight is 223 g/mol. The fraction of sp³-hybridized carbons (Fsp3) is 0.455. The van der Waals surface area contributed by atoms with E-state index in [2.05, 4.69) is 10.3 Å². The van der Waals surface area contributed by atoms with Gasteiger partial charge in [-0.25, -0.2) is 0 Å². The number of carbonyl (C=O) groups excluding carboxylic acids is 1. The molecule has 0 saturated heterocycles. The van der Waals surface area contributed by atoms with Gasteiger partial charge in [0.2, 0.25) is 5.91 Å². The quantitative estimate of drug-likeness (QED) is 0.730. The monoisotopic (exact) mass is 223 g/mol. The summed E-state index contributed by atoms with van der Waals surface area (Å²) in [4.78, 5) is 14.9. The first-order chi connectivity index (χ1) is 7.63. The molecule has 0 aliphatic carbocycles. The van der Waals surface area contributed by atoms with Crippen molar-refractivity contribution in [1.82, 2.24) is 10.3 Å². The van der Waals surface area contributed by atoms with Crippen molar-refractivity contribution in [2.24, 2.45) is 5.73 Å². The first-order valence-corrected chi connectivity index (χ1v) is 5.15. The maximum Gasteiger partial charge on any atom is 0.220 e. The molecular formula is C11H17N3O2. The lowest BCUT2D eigenvalue weighted by molar-refractivity contribution is -0.118. The van der Waals surface area contributed by atoms with E-state index < -0.39 is 0 Å². The van der Waals surface area contributed by atoms with E-state index in [4.69, 9.17) is 10.5 Å². The van der Waals surface area contributed by atoms with Crippen LogP contribution in [-0.4, -0.2) is 24.5 Å². The highest BCUT2D eigenvalue weighted by atomic mass is 16.5. The molecule has 16 heavy (non-hydrogen) atoms. The summed E-state index contributed by atoms with van der Waals surface area (Å²) in [5.74, 6) is 0.330. The predicted octanol–water partition coefficient (Wildman–Crippen LogP) is 0.364. The second-order valence-electron chi connectivity index (χ2n) is 3.49. The Kier molecular flexibility index (Phi) is 4.72. The van der Waals surface area contributed by atoms with Gasteiger partial charge in [0.25, 0.3) is 0 Å². The molecule has 1 amide bonds.